The highest BCUT2D eigenvalue weighted by atomic mass is 79.9. The quantitative estimate of drug-likeness (QED) is 0.833. The highest BCUT2D eigenvalue weighted by Crippen LogP contribution is 2.19. The monoisotopic (exact) mass is 255 g/mol. The third-order valence-electron chi connectivity index (χ3n) is 2.41. The molecule has 14 heavy (non-hydrogen) atoms. The van der Waals surface area contributed by atoms with Crippen LogP contribution in [0.4, 0.5) is 0 Å². The van der Waals surface area contributed by atoms with Crippen molar-refractivity contribution in [2.75, 3.05) is 13.2 Å². The van der Waals surface area contributed by atoms with Gasteiger partial charge in [-0.05, 0) is 24.6 Å². The zero-order valence-corrected chi connectivity index (χ0v) is 9.75. The van der Waals surface area contributed by atoms with Gasteiger partial charge in [-0.25, -0.2) is 0 Å². The summed E-state index contributed by atoms with van der Waals surface area (Å²) in [4.78, 5) is 0. The van der Waals surface area contributed by atoms with Gasteiger partial charge < -0.3 is 10.1 Å². The van der Waals surface area contributed by atoms with E-state index >= 15 is 0 Å². The fourth-order valence-electron chi connectivity index (χ4n) is 1.69. The van der Waals surface area contributed by atoms with Crippen molar-refractivity contribution in [2.24, 2.45) is 0 Å². The van der Waals surface area contributed by atoms with E-state index in [4.69, 9.17) is 4.74 Å². The Bertz CT molecular complexity index is 299. The van der Waals surface area contributed by atoms with E-state index in [9.17, 15) is 0 Å². The zero-order chi connectivity index (χ0) is 9.97. The largest absolute Gasteiger partial charge is 0.378 e. The lowest BCUT2D eigenvalue weighted by Crippen LogP contribution is -2.41. The van der Waals surface area contributed by atoms with Gasteiger partial charge in [0.25, 0.3) is 0 Å². The smallest absolute Gasteiger partial charge is 0.0662 e. The first-order valence-electron chi connectivity index (χ1n) is 4.85. The predicted octanol–water partition coefficient (Wildman–Crippen LogP) is 2.50. The molecule has 1 heterocycles. The molecule has 76 valence electrons. The molecule has 1 aromatic rings. The molecule has 1 aromatic carbocycles. The van der Waals surface area contributed by atoms with Crippen LogP contribution in [0.3, 0.4) is 0 Å². The highest BCUT2D eigenvalue weighted by molar-refractivity contribution is 9.10. The van der Waals surface area contributed by atoms with Crippen molar-refractivity contribution in [1.82, 2.24) is 5.32 Å². The number of ether oxygens (including phenoxy) is 1. The molecule has 2 unspecified atom stereocenters. The van der Waals surface area contributed by atoms with Crippen LogP contribution >= 0.6 is 15.9 Å². The van der Waals surface area contributed by atoms with Crippen molar-refractivity contribution >= 4 is 15.9 Å². The van der Waals surface area contributed by atoms with Gasteiger partial charge in [-0.1, -0.05) is 28.1 Å². The standard InChI is InChI=1S/C11H14BrNO/c1-8-6-14-7-11(13-8)9-2-4-10(12)5-3-9/h2-5,8,11,13H,6-7H2,1H3. The van der Waals surface area contributed by atoms with E-state index in [1.165, 1.54) is 5.56 Å². The topological polar surface area (TPSA) is 21.3 Å². The minimum Gasteiger partial charge on any atom is -0.378 e. The second kappa shape index (κ2) is 4.43. The van der Waals surface area contributed by atoms with E-state index in [1.54, 1.807) is 0 Å². The average molecular weight is 256 g/mol. The van der Waals surface area contributed by atoms with Crippen molar-refractivity contribution in [3.8, 4) is 0 Å². The highest BCUT2D eigenvalue weighted by Gasteiger charge is 2.19. The van der Waals surface area contributed by atoms with Gasteiger partial charge in [-0.15, -0.1) is 0 Å². The summed E-state index contributed by atoms with van der Waals surface area (Å²) in [6, 6.07) is 9.17. The van der Waals surface area contributed by atoms with E-state index in [1.807, 2.05) is 0 Å². The Morgan fingerprint density at radius 3 is 2.64 bits per heavy atom. The van der Waals surface area contributed by atoms with Crippen LogP contribution < -0.4 is 5.32 Å². The predicted molar refractivity (Wildman–Crippen MR) is 60.3 cm³/mol. The molecule has 1 N–H and O–H groups in total. The Kier molecular flexibility index (Phi) is 3.21. The van der Waals surface area contributed by atoms with Crippen molar-refractivity contribution in [3.05, 3.63) is 34.3 Å². The van der Waals surface area contributed by atoms with E-state index in [2.05, 4.69) is 52.4 Å². The van der Waals surface area contributed by atoms with E-state index < -0.39 is 0 Å². The second-order valence-corrected chi connectivity index (χ2v) is 4.62. The summed E-state index contributed by atoms with van der Waals surface area (Å²) in [6.45, 7) is 3.73. The number of halogens is 1. The van der Waals surface area contributed by atoms with Crippen LogP contribution in [0, 0.1) is 0 Å². The number of rotatable bonds is 1. The van der Waals surface area contributed by atoms with Crippen LogP contribution in [-0.4, -0.2) is 19.3 Å². The van der Waals surface area contributed by atoms with Crippen LogP contribution in [0.15, 0.2) is 28.7 Å². The summed E-state index contributed by atoms with van der Waals surface area (Å²) in [5, 5.41) is 3.51. The van der Waals surface area contributed by atoms with Gasteiger partial charge in [0, 0.05) is 10.5 Å². The summed E-state index contributed by atoms with van der Waals surface area (Å²) in [5.41, 5.74) is 1.29. The molecule has 1 saturated heterocycles. The van der Waals surface area contributed by atoms with E-state index in [-0.39, 0.29) is 0 Å². The Hall–Kier alpha value is -0.380. The third kappa shape index (κ3) is 2.35. The maximum atomic E-state index is 5.50. The van der Waals surface area contributed by atoms with Gasteiger partial charge in [0.05, 0.1) is 19.3 Å². The van der Waals surface area contributed by atoms with Crippen LogP contribution in [-0.2, 0) is 4.74 Å². The fourth-order valence-corrected chi connectivity index (χ4v) is 1.95. The van der Waals surface area contributed by atoms with Crippen LogP contribution in [0.25, 0.3) is 0 Å². The normalized spacial score (nSPS) is 27.6. The van der Waals surface area contributed by atoms with Crippen molar-refractivity contribution < 1.29 is 4.74 Å². The van der Waals surface area contributed by atoms with Crippen molar-refractivity contribution in [1.29, 1.82) is 0 Å². The molecule has 0 spiro atoms. The van der Waals surface area contributed by atoms with Crippen LogP contribution in [0.5, 0.6) is 0 Å². The lowest BCUT2D eigenvalue weighted by Gasteiger charge is -2.29. The number of nitrogens with one attached hydrogen (secondary N) is 1. The molecule has 1 aliphatic rings. The Labute approximate surface area is 92.8 Å². The molecule has 2 rings (SSSR count). The van der Waals surface area contributed by atoms with Gasteiger partial charge >= 0.3 is 0 Å². The minimum absolute atomic E-state index is 0.340. The first-order valence-corrected chi connectivity index (χ1v) is 5.64. The van der Waals surface area contributed by atoms with Gasteiger partial charge in [0.2, 0.25) is 0 Å². The molecule has 1 aliphatic heterocycles. The summed E-state index contributed by atoms with van der Waals surface area (Å²) in [5.74, 6) is 0. The molecule has 0 bridgehead atoms. The molecule has 0 amide bonds. The summed E-state index contributed by atoms with van der Waals surface area (Å²) in [7, 11) is 0. The molecule has 0 aliphatic carbocycles. The summed E-state index contributed by atoms with van der Waals surface area (Å²) < 4.78 is 6.62. The number of morpholine rings is 1. The minimum atomic E-state index is 0.340. The van der Waals surface area contributed by atoms with E-state index in [0.29, 0.717) is 12.1 Å². The first-order chi connectivity index (χ1) is 6.75. The molecule has 2 nitrogen and oxygen atoms in total. The van der Waals surface area contributed by atoms with Crippen molar-refractivity contribution in [2.45, 2.75) is 19.0 Å². The lowest BCUT2D eigenvalue weighted by atomic mass is 10.1. The molecule has 0 saturated carbocycles. The number of hydrogen-bond donors (Lipinski definition) is 1. The van der Waals surface area contributed by atoms with Crippen LogP contribution in [0.2, 0.25) is 0 Å². The zero-order valence-electron chi connectivity index (χ0n) is 8.16. The molecule has 3 heteroatoms. The van der Waals surface area contributed by atoms with Gasteiger partial charge in [-0.3, -0.25) is 0 Å². The maximum absolute atomic E-state index is 5.50. The van der Waals surface area contributed by atoms with E-state index in [0.717, 1.165) is 17.7 Å². The number of hydrogen-bond acceptors (Lipinski definition) is 2. The summed E-state index contributed by atoms with van der Waals surface area (Å²) in [6.07, 6.45) is 0. The van der Waals surface area contributed by atoms with Gasteiger partial charge in [-0.2, -0.15) is 0 Å². The Morgan fingerprint density at radius 2 is 2.00 bits per heavy atom. The number of benzene rings is 1. The molecule has 2 atom stereocenters. The lowest BCUT2D eigenvalue weighted by molar-refractivity contribution is 0.0504. The van der Waals surface area contributed by atoms with Gasteiger partial charge in [0.15, 0.2) is 0 Å². The van der Waals surface area contributed by atoms with Gasteiger partial charge in [0.1, 0.15) is 0 Å². The SMILES string of the molecule is CC1COCC(c2ccc(Br)cc2)N1. The molecule has 0 aromatic heterocycles. The first kappa shape index (κ1) is 10.1. The van der Waals surface area contributed by atoms with Crippen LogP contribution in [0.1, 0.15) is 18.5 Å². The summed E-state index contributed by atoms with van der Waals surface area (Å²) >= 11 is 3.43. The molecular weight excluding hydrogens is 242 g/mol. The Morgan fingerprint density at radius 1 is 1.29 bits per heavy atom. The average Bonchev–Trinajstić information content (AvgIpc) is 2.19. The maximum Gasteiger partial charge on any atom is 0.0662 e. The molecule has 1 fully saturated rings. The second-order valence-electron chi connectivity index (χ2n) is 3.71. The fraction of sp³-hybridized carbons (Fsp3) is 0.455. The third-order valence-corrected chi connectivity index (χ3v) is 2.94. The van der Waals surface area contributed by atoms with Crippen molar-refractivity contribution in [3.63, 3.8) is 0 Å². The molecule has 0 radical (unpaired) electrons. The molecular formula is C11H14BrNO. The Balaban J connectivity index is 2.10.